The first-order valence-corrected chi connectivity index (χ1v) is 6.48. The topological polar surface area (TPSA) is 34.9 Å². The van der Waals surface area contributed by atoms with E-state index in [-0.39, 0.29) is 11.0 Å². The van der Waals surface area contributed by atoms with Crippen LogP contribution in [0.4, 0.5) is 4.39 Å². The SMILES string of the molecule is Cn1ncc2sc(C34CC(F)(C3)C4)cc2c1=O. The van der Waals surface area contributed by atoms with Crippen LogP contribution in [0.1, 0.15) is 24.1 Å². The summed E-state index contributed by atoms with van der Waals surface area (Å²) in [7, 11) is 1.65. The molecule has 88 valence electrons. The largest absolute Gasteiger partial charge is 0.275 e. The Morgan fingerprint density at radius 2 is 2.18 bits per heavy atom. The predicted molar refractivity (Wildman–Crippen MR) is 64.2 cm³/mol. The molecule has 3 aliphatic rings. The van der Waals surface area contributed by atoms with Gasteiger partial charge >= 0.3 is 0 Å². The second-order valence-corrected chi connectivity index (χ2v) is 6.51. The summed E-state index contributed by atoms with van der Waals surface area (Å²) in [6.45, 7) is 0. The summed E-state index contributed by atoms with van der Waals surface area (Å²) < 4.78 is 15.8. The molecule has 0 aromatic carbocycles. The number of alkyl halides is 1. The molecule has 5 rings (SSSR count). The lowest BCUT2D eigenvalue weighted by Gasteiger charge is -2.65. The molecule has 3 nitrogen and oxygen atoms in total. The van der Waals surface area contributed by atoms with E-state index in [1.54, 1.807) is 24.6 Å². The molecule has 2 aromatic heterocycles. The van der Waals surface area contributed by atoms with Crippen LogP contribution in [0.25, 0.3) is 10.1 Å². The third-order valence-electron chi connectivity index (χ3n) is 4.12. The molecule has 2 aromatic rings. The van der Waals surface area contributed by atoms with E-state index in [1.807, 2.05) is 6.07 Å². The number of fused-ring (bicyclic) bond motifs is 1. The number of hydrogen-bond donors (Lipinski definition) is 0. The summed E-state index contributed by atoms with van der Waals surface area (Å²) in [5, 5.41) is 4.74. The van der Waals surface area contributed by atoms with Crippen LogP contribution in [0.15, 0.2) is 17.1 Å². The molecule has 0 unspecified atom stereocenters. The highest BCUT2D eigenvalue weighted by molar-refractivity contribution is 7.19. The summed E-state index contributed by atoms with van der Waals surface area (Å²) in [6.07, 6.45) is 3.64. The van der Waals surface area contributed by atoms with Crippen molar-refractivity contribution in [3.05, 3.63) is 27.5 Å². The smallest absolute Gasteiger partial charge is 0.267 e. The van der Waals surface area contributed by atoms with Crippen LogP contribution >= 0.6 is 11.3 Å². The number of aryl methyl sites for hydroxylation is 1. The van der Waals surface area contributed by atoms with Crippen molar-refractivity contribution < 1.29 is 4.39 Å². The van der Waals surface area contributed by atoms with Crippen LogP contribution in [-0.2, 0) is 12.5 Å². The van der Waals surface area contributed by atoms with Gasteiger partial charge in [0.25, 0.3) is 5.56 Å². The van der Waals surface area contributed by atoms with Crippen molar-refractivity contribution in [2.24, 2.45) is 7.05 Å². The number of thiophene rings is 1. The van der Waals surface area contributed by atoms with Gasteiger partial charge in [-0.15, -0.1) is 11.3 Å². The molecule has 2 bridgehead atoms. The normalized spacial score (nSPS) is 34.5. The van der Waals surface area contributed by atoms with Gasteiger partial charge in [0.1, 0.15) is 5.67 Å². The van der Waals surface area contributed by atoms with Gasteiger partial charge in [-0.2, -0.15) is 5.10 Å². The van der Waals surface area contributed by atoms with Gasteiger partial charge in [-0.25, -0.2) is 9.07 Å². The van der Waals surface area contributed by atoms with E-state index in [2.05, 4.69) is 5.10 Å². The van der Waals surface area contributed by atoms with Crippen molar-refractivity contribution >= 4 is 21.4 Å². The number of halogens is 1. The number of rotatable bonds is 1. The van der Waals surface area contributed by atoms with Crippen molar-refractivity contribution in [3.63, 3.8) is 0 Å². The predicted octanol–water partition coefficient (Wildman–Crippen LogP) is 2.14. The Kier molecular flexibility index (Phi) is 1.50. The van der Waals surface area contributed by atoms with Crippen LogP contribution in [0, 0.1) is 0 Å². The minimum absolute atomic E-state index is 0.0451. The number of aromatic nitrogens is 2. The van der Waals surface area contributed by atoms with Gasteiger partial charge in [0.05, 0.1) is 16.3 Å². The average Bonchev–Trinajstić information content (AvgIpc) is 2.62. The summed E-state index contributed by atoms with van der Waals surface area (Å²) in [6, 6.07) is 1.95. The van der Waals surface area contributed by atoms with Gasteiger partial charge in [-0.1, -0.05) is 0 Å². The van der Waals surface area contributed by atoms with Crippen molar-refractivity contribution in [3.8, 4) is 0 Å². The summed E-state index contributed by atoms with van der Waals surface area (Å²) in [5.41, 5.74) is -0.908. The van der Waals surface area contributed by atoms with E-state index in [0.717, 1.165) is 15.0 Å². The lowest BCUT2D eigenvalue weighted by atomic mass is 9.42. The van der Waals surface area contributed by atoms with Crippen molar-refractivity contribution in [2.45, 2.75) is 30.3 Å². The maximum Gasteiger partial charge on any atom is 0.275 e. The lowest BCUT2D eigenvalue weighted by molar-refractivity contribution is -0.156. The molecule has 5 heteroatoms. The molecule has 0 aliphatic heterocycles. The van der Waals surface area contributed by atoms with E-state index in [0.29, 0.717) is 19.3 Å². The molecule has 0 radical (unpaired) electrons. The Hall–Kier alpha value is -1.23. The van der Waals surface area contributed by atoms with Crippen LogP contribution in [0.3, 0.4) is 0 Å². The van der Waals surface area contributed by atoms with E-state index >= 15 is 0 Å². The van der Waals surface area contributed by atoms with Crippen molar-refractivity contribution in [1.82, 2.24) is 9.78 Å². The summed E-state index contributed by atoms with van der Waals surface area (Å²) >= 11 is 1.60. The van der Waals surface area contributed by atoms with Crippen LogP contribution in [-0.4, -0.2) is 15.4 Å². The standard InChI is InChI=1S/C12H11FN2OS/c1-15-10(16)7-2-9(17-8(7)3-14-15)11-4-12(13,5-11)6-11/h2-3H,4-6H2,1H3. The number of hydrogen-bond acceptors (Lipinski definition) is 3. The molecule has 0 saturated heterocycles. The highest BCUT2D eigenvalue weighted by Gasteiger charge is 2.70. The molecule has 0 atom stereocenters. The second kappa shape index (κ2) is 2.61. The zero-order chi connectivity index (χ0) is 11.8. The second-order valence-electron chi connectivity index (χ2n) is 5.42. The first kappa shape index (κ1) is 9.76. The maximum atomic E-state index is 13.5. The van der Waals surface area contributed by atoms with Gasteiger partial charge in [0.15, 0.2) is 0 Å². The molecule has 3 saturated carbocycles. The summed E-state index contributed by atoms with van der Waals surface area (Å²) in [4.78, 5) is 13.0. The van der Waals surface area contributed by atoms with E-state index in [4.69, 9.17) is 0 Å². The zero-order valence-corrected chi connectivity index (χ0v) is 10.2. The molecule has 3 fully saturated rings. The average molecular weight is 250 g/mol. The Labute approximate surface area is 101 Å². The van der Waals surface area contributed by atoms with Gasteiger partial charge in [-0.3, -0.25) is 4.79 Å². The minimum Gasteiger partial charge on any atom is -0.267 e. The Bertz CT molecular complexity index is 682. The number of nitrogens with zero attached hydrogens (tertiary/aromatic N) is 2. The van der Waals surface area contributed by atoms with E-state index < -0.39 is 5.67 Å². The Morgan fingerprint density at radius 3 is 2.82 bits per heavy atom. The quantitative estimate of drug-likeness (QED) is 0.777. The van der Waals surface area contributed by atoms with Gasteiger partial charge in [0.2, 0.25) is 0 Å². The van der Waals surface area contributed by atoms with E-state index in [1.165, 1.54) is 4.68 Å². The molecule has 0 N–H and O–H groups in total. The molecular formula is C12H11FN2OS. The van der Waals surface area contributed by atoms with Crippen molar-refractivity contribution in [1.29, 1.82) is 0 Å². The molecular weight excluding hydrogens is 239 g/mol. The van der Waals surface area contributed by atoms with Crippen LogP contribution in [0.5, 0.6) is 0 Å². The third kappa shape index (κ3) is 1.06. The lowest BCUT2D eigenvalue weighted by Crippen LogP contribution is -2.66. The fraction of sp³-hybridized carbons (Fsp3) is 0.500. The maximum absolute atomic E-state index is 13.5. The monoisotopic (exact) mass is 250 g/mol. The summed E-state index contributed by atoms with van der Waals surface area (Å²) in [5.74, 6) is 0. The molecule has 17 heavy (non-hydrogen) atoms. The molecule has 0 amide bonds. The Balaban J connectivity index is 1.89. The highest BCUT2D eigenvalue weighted by Crippen LogP contribution is 2.70. The van der Waals surface area contributed by atoms with Gasteiger partial charge < -0.3 is 0 Å². The molecule has 0 spiro atoms. The van der Waals surface area contributed by atoms with Crippen molar-refractivity contribution in [2.75, 3.05) is 0 Å². The van der Waals surface area contributed by atoms with Crippen LogP contribution in [0.2, 0.25) is 0 Å². The molecule has 2 heterocycles. The zero-order valence-electron chi connectivity index (χ0n) is 9.36. The van der Waals surface area contributed by atoms with Crippen LogP contribution < -0.4 is 5.56 Å². The Morgan fingerprint density at radius 1 is 1.47 bits per heavy atom. The minimum atomic E-state index is -0.889. The third-order valence-corrected chi connectivity index (χ3v) is 5.44. The van der Waals surface area contributed by atoms with Gasteiger partial charge in [0, 0.05) is 17.3 Å². The van der Waals surface area contributed by atoms with E-state index in [9.17, 15) is 9.18 Å². The molecule has 3 aliphatic carbocycles. The fourth-order valence-corrected chi connectivity index (χ4v) is 4.42. The van der Waals surface area contributed by atoms with Gasteiger partial charge in [-0.05, 0) is 25.3 Å². The first-order chi connectivity index (χ1) is 8.01. The first-order valence-electron chi connectivity index (χ1n) is 5.67. The fourth-order valence-electron chi connectivity index (χ4n) is 3.22. The highest BCUT2D eigenvalue weighted by atomic mass is 32.1.